The van der Waals surface area contributed by atoms with Crippen molar-refractivity contribution in [2.75, 3.05) is 38.7 Å². The molecule has 0 radical (unpaired) electrons. The van der Waals surface area contributed by atoms with Gasteiger partial charge < -0.3 is 20.3 Å². The molecule has 0 aromatic heterocycles. The first-order valence-corrected chi connectivity index (χ1v) is 8.00. The lowest BCUT2D eigenvalue weighted by Gasteiger charge is -2.19. The van der Waals surface area contributed by atoms with Crippen LogP contribution < -0.4 is 20.3 Å². The molecule has 1 saturated heterocycles. The lowest BCUT2D eigenvalue weighted by molar-refractivity contribution is -0.126. The molecule has 0 saturated carbocycles. The molecule has 1 aliphatic heterocycles. The van der Waals surface area contributed by atoms with Crippen molar-refractivity contribution in [3.63, 3.8) is 0 Å². The molecule has 1 aromatic rings. The Morgan fingerprint density at radius 3 is 2.91 bits per heavy atom. The molecule has 1 aliphatic rings. The highest BCUT2D eigenvalue weighted by Gasteiger charge is 2.36. The predicted octanol–water partition coefficient (Wildman–Crippen LogP) is 1.43. The molecule has 1 atom stereocenters. The molecule has 1 aromatic carbocycles. The largest absolute Gasteiger partial charge is 0.495 e. The Kier molecular flexibility index (Phi) is 6.24. The molecular formula is C16H22ClN3O3. The third kappa shape index (κ3) is 4.36. The van der Waals surface area contributed by atoms with Crippen LogP contribution in [0.3, 0.4) is 0 Å². The molecule has 2 N–H and O–H groups in total. The Balaban J connectivity index is 2.02. The summed E-state index contributed by atoms with van der Waals surface area (Å²) in [5.41, 5.74) is 0.607. The Morgan fingerprint density at radius 1 is 1.43 bits per heavy atom. The van der Waals surface area contributed by atoms with Gasteiger partial charge in [-0.05, 0) is 38.2 Å². The van der Waals surface area contributed by atoms with Crippen molar-refractivity contribution in [2.24, 2.45) is 5.92 Å². The number of amides is 2. The number of rotatable bonds is 7. The average Bonchev–Trinajstić information content (AvgIpc) is 2.93. The number of anilines is 1. The number of benzene rings is 1. The topological polar surface area (TPSA) is 70.7 Å². The Morgan fingerprint density at radius 2 is 2.22 bits per heavy atom. The van der Waals surface area contributed by atoms with Gasteiger partial charge in [-0.25, -0.2) is 0 Å². The zero-order chi connectivity index (χ0) is 16.8. The van der Waals surface area contributed by atoms with Gasteiger partial charge in [-0.15, -0.1) is 0 Å². The summed E-state index contributed by atoms with van der Waals surface area (Å²) in [6.45, 7) is 1.79. The lowest BCUT2D eigenvalue weighted by atomic mass is 10.1. The fourth-order valence-corrected chi connectivity index (χ4v) is 2.78. The molecule has 0 bridgehead atoms. The molecular weight excluding hydrogens is 318 g/mol. The van der Waals surface area contributed by atoms with E-state index in [-0.39, 0.29) is 24.2 Å². The van der Waals surface area contributed by atoms with Gasteiger partial charge in [-0.3, -0.25) is 9.59 Å². The summed E-state index contributed by atoms with van der Waals surface area (Å²) in [7, 11) is 3.41. The van der Waals surface area contributed by atoms with Crippen LogP contribution in [-0.2, 0) is 9.59 Å². The molecule has 2 rings (SSSR count). The third-order valence-corrected chi connectivity index (χ3v) is 4.07. The number of hydrogen-bond donors (Lipinski definition) is 2. The summed E-state index contributed by atoms with van der Waals surface area (Å²) in [6, 6.07) is 5.11. The van der Waals surface area contributed by atoms with Crippen LogP contribution in [0.5, 0.6) is 5.75 Å². The fraction of sp³-hybridized carbons (Fsp3) is 0.500. The number of methoxy groups -OCH3 is 1. The number of carbonyl (C=O) groups excluding carboxylic acids is 2. The molecule has 23 heavy (non-hydrogen) atoms. The van der Waals surface area contributed by atoms with Gasteiger partial charge >= 0.3 is 0 Å². The summed E-state index contributed by atoms with van der Waals surface area (Å²) in [6.07, 6.45) is 1.06. The standard InChI is InChI=1S/C16H22ClN3O3/c1-18-6-3-7-19-16(22)11-8-15(21)20(10-11)13-9-12(17)4-5-14(13)23-2/h4-5,9,11,18H,3,6-8,10H2,1-2H3,(H,19,22). The van der Waals surface area contributed by atoms with Gasteiger partial charge in [0.2, 0.25) is 11.8 Å². The van der Waals surface area contributed by atoms with Crippen LogP contribution in [0.4, 0.5) is 5.69 Å². The molecule has 1 unspecified atom stereocenters. The molecule has 1 heterocycles. The summed E-state index contributed by atoms with van der Waals surface area (Å²) >= 11 is 6.02. The summed E-state index contributed by atoms with van der Waals surface area (Å²) in [5.74, 6) is 0.0393. The Hall–Kier alpha value is -1.79. The van der Waals surface area contributed by atoms with Gasteiger partial charge in [0.25, 0.3) is 0 Å². The first kappa shape index (κ1) is 17.6. The number of ether oxygens (including phenoxy) is 1. The first-order chi connectivity index (χ1) is 11.1. The van der Waals surface area contributed by atoms with Crippen molar-refractivity contribution >= 4 is 29.1 Å². The van der Waals surface area contributed by atoms with E-state index in [2.05, 4.69) is 10.6 Å². The average molecular weight is 340 g/mol. The van der Waals surface area contributed by atoms with E-state index >= 15 is 0 Å². The first-order valence-electron chi connectivity index (χ1n) is 7.63. The number of halogens is 1. The number of nitrogens with zero attached hydrogens (tertiary/aromatic N) is 1. The van der Waals surface area contributed by atoms with Crippen molar-refractivity contribution in [2.45, 2.75) is 12.8 Å². The zero-order valence-corrected chi connectivity index (χ0v) is 14.2. The lowest BCUT2D eigenvalue weighted by Crippen LogP contribution is -2.34. The van der Waals surface area contributed by atoms with E-state index in [0.717, 1.165) is 13.0 Å². The highest BCUT2D eigenvalue weighted by molar-refractivity contribution is 6.31. The number of hydrogen-bond acceptors (Lipinski definition) is 4. The quantitative estimate of drug-likeness (QED) is 0.737. The van der Waals surface area contributed by atoms with Crippen molar-refractivity contribution in [1.29, 1.82) is 0 Å². The highest BCUT2D eigenvalue weighted by atomic mass is 35.5. The minimum absolute atomic E-state index is 0.0852. The van der Waals surface area contributed by atoms with E-state index < -0.39 is 0 Å². The normalized spacial score (nSPS) is 17.4. The summed E-state index contributed by atoms with van der Waals surface area (Å²) in [4.78, 5) is 26.0. The van der Waals surface area contributed by atoms with Crippen LogP contribution in [0.1, 0.15) is 12.8 Å². The molecule has 7 heteroatoms. The van der Waals surface area contributed by atoms with Crippen LogP contribution in [0.15, 0.2) is 18.2 Å². The third-order valence-electron chi connectivity index (χ3n) is 3.83. The van der Waals surface area contributed by atoms with E-state index in [1.165, 1.54) is 0 Å². The Labute approximate surface area is 141 Å². The Bertz CT molecular complexity index is 580. The maximum Gasteiger partial charge on any atom is 0.227 e. The maximum atomic E-state index is 12.3. The van der Waals surface area contributed by atoms with Crippen molar-refractivity contribution in [3.05, 3.63) is 23.2 Å². The minimum atomic E-state index is -0.347. The second kappa shape index (κ2) is 8.17. The fourth-order valence-electron chi connectivity index (χ4n) is 2.61. The number of nitrogens with one attached hydrogen (secondary N) is 2. The molecule has 6 nitrogen and oxygen atoms in total. The van der Waals surface area contributed by atoms with Crippen LogP contribution in [-0.4, -0.2) is 45.6 Å². The summed E-state index contributed by atoms with van der Waals surface area (Å²) < 4.78 is 5.29. The predicted molar refractivity (Wildman–Crippen MR) is 90.0 cm³/mol. The molecule has 126 valence electrons. The van der Waals surface area contributed by atoms with Gasteiger partial charge in [0.05, 0.1) is 18.7 Å². The van der Waals surface area contributed by atoms with Gasteiger partial charge in [0.15, 0.2) is 0 Å². The molecule has 0 spiro atoms. The van der Waals surface area contributed by atoms with Crippen molar-refractivity contribution < 1.29 is 14.3 Å². The minimum Gasteiger partial charge on any atom is -0.495 e. The summed E-state index contributed by atoms with van der Waals surface area (Å²) in [5, 5.41) is 6.42. The van der Waals surface area contributed by atoms with Gasteiger partial charge in [0.1, 0.15) is 5.75 Å². The van der Waals surface area contributed by atoms with E-state index in [9.17, 15) is 9.59 Å². The molecule has 2 amide bonds. The van der Waals surface area contributed by atoms with Crippen LogP contribution in [0.25, 0.3) is 0 Å². The van der Waals surface area contributed by atoms with Gasteiger partial charge in [-0.1, -0.05) is 11.6 Å². The van der Waals surface area contributed by atoms with E-state index in [1.807, 2.05) is 7.05 Å². The number of carbonyl (C=O) groups is 2. The van der Waals surface area contributed by atoms with Gasteiger partial charge in [-0.2, -0.15) is 0 Å². The second-order valence-corrected chi connectivity index (χ2v) is 5.91. The van der Waals surface area contributed by atoms with E-state index in [0.29, 0.717) is 29.5 Å². The monoisotopic (exact) mass is 339 g/mol. The van der Waals surface area contributed by atoms with Crippen LogP contribution >= 0.6 is 11.6 Å². The smallest absolute Gasteiger partial charge is 0.227 e. The second-order valence-electron chi connectivity index (χ2n) is 5.47. The molecule has 1 fully saturated rings. The van der Waals surface area contributed by atoms with Crippen LogP contribution in [0.2, 0.25) is 5.02 Å². The van der Waals surface area contributed by atoms with E-state index in [1.54, 1.807) is 30.2 Å². The molecule has 0 aliphatic carbocycles. The zero-order valence-electron chi connectivity index (χ0n) is 13.4. The van der Waals surface area contributed by atoms with Crippen LogP contribution in [0, 0.1) is 5.92 Å². The van der Waals surface area contributed by atoms with E-state index in [4.69, 9.17) is 16.3 Å². The van der Waals surface area contributed by atoms with Crippen molar-refractivity contribution in [3.8, 4) is 5.75 Å². The highest BCUT2D eigenvalue weighted by Crippen LogP contribution is 2.35. The SMILES string of the molecule is CNCCCNC(=O)C1CC(=O)N(c2cc(Cl)ccc2OC)C1. The van der Waals surface area contributed by atoms with Gasteiger partial charge in [0, 0.05) is 24.5 Å². The maximum absolute atomic E-state index is 12.3. The van der Waals surface area contributed by atoms with Crippen molar-refractivity contribution in [1.82, 2.24) is 10.6 Å².